The van der Waals surface area contributed by atoms with Gasteiger partial charge < -0.3 is 25.2 Å². The first-order valence-corrected chi connectivity index (χ1v) is 9.55. The second-order valence-electron chi connectivity index (χ2n) is 6.83. The van der Waals surface area contributed by atoms with E-state index < -0.39 is 11.5 Å². The molecule has 0 fully saturated rings. The number of rotatable bonds is 14. The van der Waals surface area contributed by atoms with Crippen molar-refractivity contribution >= 4 is 13.8 Å². The zero-order chi connectivity index (χ0) is 20.3. The molecule has 0 aliphatic heterocycles. The monoisotopic (exact) mass is 376 g/mol. The number of hydrogen-bond acceptors (Lipinski definition) is 5. The first-order valence-electron chi connectivity index (χ1n) is 9.55. The van der Waals surface area contributed by atoms with Crippen LogP contribution in [0, 0.1) is 0 Å². The van der Waals surface area contributed by atoms with E-state index in [0.717, 1.165) is 37.9 Å². The lowest BCUT2D eigenvalue weighted by Crippen LogP contribution is -2.50. The summed E-state index contributed by atoms with van der Waals surface area (Å²) in [5.41, 5.74) is 6.12. The summed E-state index contributed by atoms with van der Waals surface area (Å²) in [5, 5.41) is 9.53. The Hall–Kier alpha value is -1.73. The molecule has 0 saturated carbocycles. The summed E-state index contributed by atoms with van der Waals surface area (Å²) in [6.07, 6.45) is 3.80. The summed E-state index contributed by atoms with van der Waals surface area (Å²) in [4.78, 5) is 13.9. The number of carboxylic acids is 1. The van der Waals surface area contributed by atoms with E-state index in [2.05, 4.69) is 11.8 Å². The SMILES string of the molecule is [B]CCCCC(N)(CCN(CC)CCc1ccc(OC)c(OC)c1)C(=O)O. The Morgan fingerprint density at radius 1 is 1.19 bits per heavy atom. The topological polar surface area (TPSA) is 85.0 Å². The van der Waals surface area contributed by atoms with Crippen molar-refractivity contribution in [3.8, 4) is 11.5 Å². The largest absolute Gasteiger partial charge is 0.493 e. The summed E-state index contributed by atoms with van der Waals surface area (Å²) in [6, 6.07) is 5.90. The molecule has 6 nitrogen and oxygen atoms in total. The number of nitrogens with zero attached hydrogens (tertiary/aromatic N) is 1. The maximum atomic E-state index is 11.6. The van der Waals surface area contributed by atoms with E-state index in [0.29, 0.717) is 37.2 Å². The molecule has 0 aliphatic rings. The van der Waals surface area contributed by atoms with E-state index in [9.17, 15) is 9.90 Å². The van der Waals surface area contributed by atoms with Gasteiger partial charge in [-0.2, -0.15) is 0 Å². The fourth-order valence-corrected chi connectivity index (χ4v) is 3.03. The van der Waals surface area contributed by atoms with Gasteiger partial charge in [-0.1, -0.05) is 32.2 Å². The van der Waals surface area contributed by atoms with Crippen LogP contribution in [0.4, 0.5) is 0 Å². The highest BCUT2D eigenvalue weighted by Gasteiger charge is 2.33. The summed E-state index contributed by atoms with van der Waals surface area (Å²) in [6.45, 7) is 4.38. The lowest BCUT2D eigenvalue weighted by atomic mass is 9.88. The zero-order valence-corrected chi connectivity index (χ0v) is 16.9. The second kappa shape index (κ2) is 11.9. The highest BCUT2D eigenvalue weighted by atomic mass is 16.5. The number of hydrogen-bond donors (Lipinski definition) is 2. The standard InChI is InChI=1S/C20H33BN2O4/c1-4-23(14-11-20(22,19(24)25)10-5-6-12-21)13-9-16-7-8-17(26-2)18(15-16)27-3/h7-8,15H,4-6,9-14,22H2,1-3H3,(H,24,25). The van der Waals surface area contributed by atoms with Crippen molar-refractivity contribution in [3.63, 3.8) is 0 Å². The molecule has 1 atom stereocenters. The fourth-order valence-electron chi connectivity index (χ4n) is 3.03. The quantitative estimate of drug-likeness (QED) is 0.383. The van der Waals surface area contributed by atoms with Crippen LogP contribution in [0.5, 0.6) is 11.5 Å². The molecule has 0 saturated heterocycles. The summed E-state index contributed by atoms with van der Waals surface area (Å²) in [5.74, 6) is 0.487. The number of carboxylic acid groups (broad SMARTS) is 1. The molecule has 0 amide bonds. The molecule has 1 aromatic rings. The normalized spacial score (nSPS) is 13.4. The van der Waals surface area contributed by atoms with Crippen LogP contribution in [0.1, 0.15) is 38.2 Å². The van der Waals surface area contributed by atoms with Crippen molar-refractivity contribution in [3.05, 3.63) is 23.8 Å². The fraction of sp³-hybridized carbons (Fsp3) is 0.650. The molecule has 3 N–H and O–H groups in total. The minimum Gasteiger partial charge on any atom is -0.493 e. The Labute approximate surface area is 164 Å². The highest BCUT2D eigenvalue weighted by molar-refractivity contribution is 6.08. The van der Waals surface area contributed by atoms with Crippen molar-refractivity contribution in [1.82, 2.24) is 4.90 Å². The van der Waals surface area contributed by atoms with E-state index in [-0.39, 0.29) is 0 Å². The van der Waals surface area contributed by atoms with Crippen LogP contribution >= 0.6 is 0 Å². The zero-order valence-electron chi connectivity index (χ0n) is 16.9. The first kappa shape index (κ1) is 23.3. The maximum absolute atomic E-state index is 11.6. The number of aliphatic carboxylic acids is 1. The van der Waals surface area contributed by atoms with E-state index >= 15 is 0 Å². The first-order chi connectivity index (χ1) is 12.9. The Morgan fingerprint density at radius 2 is 1.89 bits per heavy atom. The molecule has 1 aromatic carbocycles. The lowest BCUT2D eigenvalue weighted by molar-refractivity contribution is -0.144. The van der Waals surface area contributed by atoms with Gasteiger partial charge in [-0.15, -0.1) is 0 Å². The Kier molecular flexibility index (Phi) is 10.3. The molecule has 2 radical (unpaired) electrons. The van der Waals surface area contributed by atoms with Crippen LogP contribution in [-0.2, 0) is 11.2 Å². The predicted octanol–water partition coefficient (Wildman–Crippen LogP) is 2.50. The number of benzene rings is 1. The molecule has 1 unspecified atom stereocenters. The third-order valence-corrected chi connectivity index (χ3v) is 4.99. The smallest absolute Gasteiger partial charge is 0.323 e. The average Bonchev–Trinajstić information content (AvgIpc) is 2.67. The van der Waals surface area contributed by atoms with Crippen LogP contribution < -0.4 is 15.2 Å². The number of ether oxygens (including phenoxy) is 2. The molecule has 1 rings (SSSR count). The van der Waals surface area contributed by atoms with Crippen molar-refractivity contribution in [2.45, 2.75) is 50.9 Å². The van der Waals surface area contributed by atoms with Gasteiger partial charge in [-0.3, -0.25) is 4.79 Å². The van der Waals surface area contributed by atoms with E-state index in [1.165, 1.54) is 0 Å². The third kappa shape index (κ3) is 7.43. The second-order valence-corrected chi connectivity index (χ2v) is 6.83. The minimum absolute atomic E-state index is 0.423. The Balaban J connectivity index is 2.61. The number of unbranched alkanes of at least 4 members (excludes halogenated alkanes) is 1. The predicted molar refractivity (Wildman–Crippen MR) is 109 cm³/mol. The van der Waals surface area contributed by atoms with Gasteiger partial charge in [0.1, 0.15) is 5.54 Å². The van der Waals surface area contributed by atoms with Gasteiger partial charge in [0, 0.05) is 13.1 Å². The minimum atomic E-state index is -1.19. The molecule has 0 heterocycles. The van der Waals surface area contributed by atoms with Crippen molar-refractivity contribution < 1.29 is 19.4 Å². The number of methoxy groups -OCH3 is 2. The molecule has 0 bridgehead atoms. The van der Waals surface area contributed by atoms with Gasteiger partial charge in [0.05, 0.1) is 22.1 Å². The summed E-state index contributed by atoms with van der Waals surface area (Å²) < 4.78 is 10.6. The molecule has 27 heavy (non-hydrogen) atoms. The van der Waals surface area contributed by atoms with Crippen LogP contribution in [0.3, 0.4) is 0 Å². The molecule has 0 spiro atoms. The van der Waals surface area contributed by atoms with Crippen LogP contribution in [0.2, 0.25) is 6.32 Å². The van der Waals surface area contributed by atoms with Crippen molar-refractivity contribution in [1.29, 1.82) is 0 Å². The number of likely N-dealkylation sites (N-methyl/N-ethyl adjacent to an activating group) is 1. The molecule has 0 aromatic heterocycles. The van der Waals surface area contributed by atoms with E-state index in [1.54, 1.807) is 14.2 Å². The average molecular weight is 376 g/mol. The number of carbonyl (C=O) groups is 1. The van der Waals surface area contributed by atoms with E-state index in [4.69, 9.17) is 23.1 Å². The van der Waals surface area contributed by atoms with Crippen molar-refractivity contribution in [2.75, 3.05) is 33.9 Å². The third-order valence-electron chi connectivity index (χ3n) is 4.99. The molecule has 7 heteroatoms. The molecule has 0 aliphatic carbocycles. The van der Waals surface area contributed by atoms with Crippen LogP contribution in [0.15, 0.2) is 18.2 Å². The van der Waals surface area contributed by atoms with Gasteiger partial charge in [0.2, 0.25) is 0 Å². The lowest BCUT2D eigenvalue weighted by Gasteiger charge is -2.29. The molecular weight excluding hydrogens is 343 g/mol. The van der Waals surface area contributed by atoms with Crippen LogP contribution in [0.25, 0.3) is 0 Å². The van der Waals surface area contributed by atoms with Crippen LogP contribution in [-0.4, -0.2) is 63.2 Å². The van der Waals surface area contributed by atoms with E-state index in [1.807, 2.05) is 18.2 Å². The van der Waals surface area contributed by atoms with Gasteiger partial charge in [-0.05, 0) is 43.5 Å². The molecular formula is C20H33BN2O4. The summed E-state index contributed by atoms with van der Waals surface area (Å²) in [7, 11) is 8.74. The van der Waals surface area contributed by atoms with Gasteiger partial charge in [0.25, 0.3) is 0 Å². The Morgan fingerprint density at radius 3 is 2.44 bits per heavy atom. The summed E-state index contributed by atoms with van der Waals surface area (Å²) >= 11 is 0. The highest BCUT2D eigenvalue weighted by Crippen LogP contribution is 2.27. The Bertz CT molecular complexity index is 585. The van der Waals surface area contributed by atoms with Crippen molar-refractivity contribution in [2.24, 2.45) is 5.73 Å². The van der Waals surface area contributed by atoms with Gasteiger partial charge in [0.15, 0.2) is 11.5 Å². The van der Waals surface area contributed by atoms with Gasteiger partial charge >= 0.3 is 5.97 Å². The van der Waals surface area contributed by atoms with Gasteiger partial charge in [-0.25, -0.2) is 0 Å². The maximum Gasteiger partial charge on any atom is 0.323 e. The molecule has 150 valence electrons. The number of nitrogens with two attached hydrogens (primary N) is 1.